The van der Waals surface area contributed by atoms with Crippen LogP contribution in [0, 0.1) is 0 Å². The number of anilines is 2. The molecule has 3 aromatic heterocycles. The summed E-state index contributed by atoms with van der Waals surface area (Å²) in [6.07, 6.45) is 5.33. The molecule has 0 saturated heterocycles. The number of aromatic amines is 1. The zero-order valence-corrected chi connectivity index (χ0v) is 15.7. The number of hydrogen-bond donors (Lipinski definition) is 2. The predicted molar refractivity (Wildman–Crippen MR) is 110 cm³/mol. The second kappa shape index (κ2) is 6.43. The SMILES string of the molecule is CC(C)(C)c1cccc(Nc2ccc(-c3cc[nH]c(=O)c3)n3ccnc23)c1. The number of nitrogens with zero attached hydrogens (tertiary/aromatic N) is 2. The molecule has 4 rings (SSSR count). The van der Waals surface area contributed by atoms with Gasteiger partial charge in [0.2, 0.25) is 5.56 Å². The number of fused-ring (bicyclic) bond motifs is 1. The third-order valence-corrected chi connectivity index (χ3v) is 4.63. The van der Waals surface area contributed by atoms with Gasteiger partial charge in [0.05, 0.1) is 11.4 Å². The van der Waals surface area contributed by atoms with Gasteiger partial charge in [0.25, 0.3) is 0 Å². The van der Waals surface area contributed by atoms with Gasteiger partial charge in [0.15, 0.2) is 5.65 Å². The molecule has 0 bridgehead atoms. The van der Waals surface area contributed by atoms with E-state index in [0.29, 0.717) is 0 Å². The van der Waals surface area contributed by atoms with E-state index in [1.165, 1.54) is 5.56 Å². The van der Waals surface area contributed by atoms with Crippen LogP contribution in [-0.4, -0.2) is 14.4 Å². The number of pyridine rings is 2. The van der Waals surface area contributed by atoms with E-state index in [1.807, 2.05) is 28.8 Å². The quantitative estimate of drug-likeness (QED) is 0.556. The van der Waals surface area contributed by atoms with E-state index in [-0.39, 0.29) is 11.0 Å². The number of aromatic nitrogens is 3. The fourth-order valence-electron chi connectivity index (χ4n) is 3.17. The van der Waals surface area contributed by atoms with Crippen molar-refractivity contribution >= 4 is 17.0 Å². The van der Waals surface area contributed by atoms with Crippen molar-refractivity contribution in [3.8, 4) is 11.3 Å². The van der Waals surface area contributed by atoms with Crippen molar-refractivity contribution in [2.24, 2.45) is 0 Å². The average Bonchev–Trinajstić information content (AvgIpc) is 3.12. The van der Waals surface area contributed by atoms with Crippen LogP contribution in [0.5, 0.6) is 0 Å². The molecule has 2 N–H and O–H groups in total. The molecule has 1 aromatic carbocycles. The molecular formula is C22H22N4O. The van der Waals surface area contributed by atoms with E-state index in [2.05, 4.69) is 60.3 Å². The minimum Gasteiger partial charge on any atom is -0.352 e. The van der Waals surface area contributed by atoms with Crippen LogP contribution in [-0.2, 0) is 5.41 Å². The Hall–Kier alpha value is -3.34. The summed E-state index contributed by atoms with van der Waals surface area (Å²) < 4.78 is 1.99. The minimum atomic E-state index is -0.123. The normalized spacial score (nSPS) is 11.7. The van der Waals surface area contributed by atoms with E-state index < -0.39 is 0 Å². The molecule has 5 nitrogen and oxygen atoms in total. The molecule has 0 fully saturated rings. The van der Waals surface area contributed by atoms with Crippen LogP contribution in [0.3, 0.4) is 0 Å². The van der Waals surface area contributed by atoms with E-state index in [1.54, 1.807) is 18.5 Å². The van der Waals surface area contributed by atoms with E-state index in [9.17, 15) is 4.79 Å². The molecule has 0 radical (unpaired) electrons. The van der Waals surface area contributed by atoms with Gasteiger partial charge in [-0.25, -0.2) is 4.98 Å². The lowest BCUT2D eigenvalue weighted by Crippen LogP contribution is -2.11. The van der Waals surface area contributed by atoms with Crippen molar-refractivity contribution in [3.63, 3.8) is 0 Å². The molecule has 5 heteroatoms. The standard InChI is InChI=1S/C22H22N4O/c1-22(2,3)16-5-4-6-17(14-16)25-18-7-8-19(26-12-11-24-21(18)26)15-9-10-23-20(27)13-15/h4-14,25H,1-3H3,(H,23,27). The van der Waals surface area contributed by atoms with E-state index >= 15 is 0 Å². The maximum Gasteiger partial charge on any atom is 0.248 e. The van der Waals surface area contributed by atoms with Gasteiger partial charge in [-0.05, 0) is 41.3 Å². The second-order valence-electron chi connectivity index (χ2n) is 7.65. The summed E-state index contributed by atoms with van der Waals surface area (Å²) in [5.74, 6) is 0. The van der Waals surface area contributed by atoms with Crippen molar-refractivity contribution < 1.29 is 0 Å². The molecule has 4 aromatic rings. The molecule has 0 aliphatic rings. The van der Waals surface area contributed by atoms with Crippen LogP contribution in [0.25, 0.3) is 16.9 Å². The average molecular weight is 358 g/mol. The van der Waals surface area contributed by atoms with Crippen molar-refractivity contribution in [1.29, 1.82) is 0 Å². The van der Waals surface area contributed by atoms with Gasteiger partial charge in [0.1, 0.15) is 0 Å². The smallest absolute Gasteiger partial charge is 0.248 e. The molecule has 0 unspecified atom stereocenters. The monoisotopic (exact) mass is 358 g/mol. The van der Waals surface area contributed by atoms with Crippen LogP contribution in [0.2, 0.25) is 0 Å². The van der Waals surface area contributed by atoms with Gasteiger partial charge in [-0.2, -0.15) is 0 Å². The number of rotatable bonds is 3. The molecule has 0 amide bonds. The Morgan fingerprint density at radius 3 is 2.70 bits per heavy atom. The van der Waals surface area contributed by atoms with Crippen LogP contribution in [0.1, 0.15) is 26.3 Å². The first-order chi connectivity index (χ1) is 12.9. The Morgan fingerprint density at radius 1 is 1.07 bits per heavy atom. The third kappa shape index (κ3) is 3.36. The first kappa shape index (κ1) is 17.1. The molecule has 0 aliphatic heterocycles. The Balaban J connectivity index is 1.76. The summed E-state index contributed by atoms with van der Waals surface area (Å²) in [6, 6.07) is 15.9. The highest BCUT2D eigenvalue weighted by atomic mass is 16.1. The lowest BCUT2D eigenvalue weighted by atomic mass is 9.87. The number of H-pyrrole nitrogens is 1. The molecule has 0 aliphatic carbocycles. The Kier molecular flexibility index (Phi) is 4.07. The van der Waals surface area contributed by atoms with Gasteiger partial charge in [-0.1, -0.05) is 32.9 Å². The van der Waals surface area contributed by atoms with E-state index in [0.717, 1.165) is 28.3 Å². The zero-order chi connectivity index (χ0) is 19.0. The van der Waals surface area contributed by atoms with Crippen LogP contribution >= 0.6 is 0 Å². The Morgan fingerprint density at radius 2 is 1.93 bits per heavy atom. The maximum atomic E-state index is 11.7. The van der Waals surface area contributed by atoms with Crippen LogP contribution < -0.4 is 10.9 Å². The summed E-state index contributed by atoms with van der Waals surface area (Å²) in [7, 11) is 0. The predicted octanol–water partition coefficient (Wildman–Crippen LogP) is 4.73. The van der Waals surface area contributed by atoms with Gasteiger partial charge in [-0.3, -0.25) is 9.20 Å². The first-order valence-corrected chi connectivity index (χ1v) is 8.94. The van der Waals surface area contributed by atoms with Gasteiger partial charge in [0, 0.05) is 35.9 Å². The summed E-state index contributed by atoms with van der Waals surface area (Å²) in [5, 5.41) is 3.48. The lowest BCUT2D eigenvalue weighted by molar-refractivity contribution is 0.590. The molecule has 3 heterocycles. The largest absolute Gasteiger partial charge is 0.352 e. The van der Waals surface area contributed by atoms with Crippen LogP contribution in [0.15, 0.2) is 71.9 Å². The number of imidazole rings is 1. The number of hydrogen-bond acceptors (Lipinski definition) is 3. The third-order valence-electron chi connectivity index (χ3n) is 4.63. The number of benzene rings is 1. The fraction of sp³-hybridized carbons (Fsp3) is 0.182. The van der Waals surface area contributed by atoms with Gasteiger partial charge < -0.3 is 10.3 Å². The van der Waals surface area contributed by atoms with Crippen molar-refractivity contribution in [1.82, 2.24) is 14.4 Å². The molecule has 0 atom stereocenters. The Labute approximate surface area is 157 Å². The molecular weight excluding hydrogens is 336 g/mol. The minimum absolute atomic E-state index is 0.0878. The highest BCUT2D eigenvalue weighted by molar-refractivity contribution is 5.78. The first-order valence-electron chi connectivity index (χ1n) is 8.94. The van der Waals surface area contributed by atoms with Gasteiger partial charge in [-0.15, -0.1) is 0 Å². The summed E-state index contributed by atoms with van der Waals surface area (Å²) in [6.45, 7) is 6.61. The maximum absolute atomic E-state index is 11.7. The van der Waals surface area contributed by atoms with Crippen molar-refractivity contribution in [2.75, 3.05) is 5.32 Å². The van der Waals surface area contributed by atoms with Crippen LogP contribution in [0.4, 0.5) is 11.4 Å². The molecule has 0 saturated carbocycles. The van der Waals surface area contributed by atoms with Crippen molar-refractivity contribution in [2.45, 2.75) is 26.2 Å². The molecule has 0 spiro atoms. The van der Waals surface area contributed by atoms with Gasteiger partial charge >= 0.3 is 0 Å². The number of nitrogens with one attached hydrogen (secondary N) is 2. The Bertz CT molecular complexity index is 1160. The highest BCUT2D eigenvalue weighted by Gasteiger charge is 2.14. The zero-order valence-electron chi connectivity index (χ0n) is 15.7. The topological polar surface area (TPSA) is 62.2 Å². The highest BCUT2D eigenvalue weighted by Crippen LogP contribution is 2.29. The summed E-state index contributed by atoms with van der Waals surface area (Å²) in [5.41, 5.74) is 5.76. The molecule has 27 heavy (non-hydrogen) atoms. The molecule has 136 valence electrons. The summed E-state index contributed by atoms with van der Waals surface area (Å²) in [4.78, 5) is 18.8. The fourth-order valence-corrected chi connectivity index (χ4v) is 3.17. The second-order valence-corrected chi connectivity index (χ2v) is 7.65. The summed E-state index contributed by atoms with van der Waals surface area (Å²) >= 11 is 0. The lowest BCUT2D eigenvalue weighted by Gasteiger charge is -2.20. The van der Waals surface area contributed by atoms with E-state index in [4.69, 9.17) is 0 Å². The van der Waals surface area contributed by atoms with Crippen molar-refractivity contribution in [3.05, 3.63) is 83.0 Å².